The number of hydrogen-bond acceptors (Lipinski definition) is 8. The first-order valence-corrected chi connectivity index (χ1v) is 12.0. The van der Waals surface area contributed by atoms with E-state index in [9.17, 15) is 19.2 Å². The van der Waals surface area contributed by atoms with Crippen molar-refractivity contribution in [1.82, 2.24) is 24.8 Å². The summed E-state index contributed by atoms with van der Waals surface area (Å²) in [6.45, 7) is 2.45. The van der Waals surface area contributed by atoms with Crippen LogP contribution in [0.4, 0.5) is 11.5 Å². The quantitative estimate of drug-likeness (QED) is 0.492. The Morgan fingerprint density at radius 2 is 1.97 bits per heavy atom. The lowest BCUT2D eigenvalue weighted by molar-refractivity contribution is -0.133. The number of H-pyrrole nitrogens is 1. The molecule has 2 aliphatic heterocycles. The number of nitrogens with two attached hydrogens (primary N) is 1. The molecule has 2 amide bonds. The number of amides is 2. The minimum absolute atomic E-state index is 0.0510. The zero-order chi connectivity index (χ0) is 23.4. The maximum absolute atomic E-state index is 12.5. The van der Waals surface area contributed by atoms with Crippen molar-refractivity contribution in [2.75, 3.05) is 49.1 Å². The van der Waals surface area contributed by atoms with Crippen LogP contribution in [-0.2, 0) is 28.3 Å². The molecule has 0 unspecified atom stereocenters. The van der Waals surface area contributed by atoms with Gasteiger partial charge in [0.25, 0.3) is 5.56 Å². The van der Waals surface area contributed by atoms with E-state index in [2.05, 4.69) is 20.2 Å². The normalized spacial score (nSPS) is 15.8. The highest BCUT2D eigenvalue weighted by Crippen LogP contribution is 2.20. The van der Waals surface area contributed by atoms with Crippen LogP contribution in [0.15, 0.2) is 27.9 Å². The molecule has 4 N–H and O–H groups in total. The molecule has 0 radical (unpaired) electrons. The standard InChI is InChI=1S/C21H27N7O4S/c22-14-1-2-17(23-11-14)26-6-8-27(9-7-26)19(30)12-24-18(29)3-5-28-16-4-10-33-13-15(16)20(31)25-21(28)32/h1-2,11H,3-10,12-13,22H2,(H,24,29)(H,25,31,32). The Kier molecular flexibility index (Phi) is 7.02. The van der Waals surface area contributed by atoms with Crippen LogP contribution in [0.5, 0.6) is 0 Å². The third kappa shape index (κ3) is 5.38. The second kappa shape index (κ2) is 10.1. The van der Waals surface area contributed by atoms with Gasteiger partial charge in [-0.05, 0) is 24.3 Å². The second-order valence-electron chi connectivity index (χ2n) is 7.98. The van der Waals surface area contributed by atoms with E-state index >= 15 is 0 Å². The van der Waals surface area contributed by atoms with Gasteiger partial charge in [-0.2, -0.15) is 11.8 Å². The maximum Gasteiger partial charge on any atom is 0.328 e. The molecule has 176 valence electrons. The van der Waals surface area contributed by atoms with Crippen LogP contribution in [0, 0.1) is 0 Å². The molecular formula is C21H27N7O4S. The number of thioether (sulfide) groups is 1. The summed E-state index contributed by atoms with van der Waals surface area (Å²) in [4.78, 5) is 59.5. The number of pyridine rings is 1. The number of nitrogens with zero attached hydrogens (tertiary/aromatic N) is 4. The molecular weight excluding hydrogens is 446 g/mol. The summed E-state index contributed by atoms with van der Waals surface area (Å²) in [5.41, 5.74) is 6.75. The van der Waals surface area contributed by atoms with E-state index in [4.69, 9.17) is 5.73 Å². The van der Waals surface area contributed by atoms with Crippen molar-refractivity contribution in [2.45, 2.75) is 25.1 Å². The highest BCUT2D eigenvalue weighted by molar-refractivity contribution is 7.98. The molecule has 12 heteroatoms. The van der Waals surface area contributed by atoms with Gasteiger partial charge in [0, 0.05) is 56.2 Å². The van der Waals surface area contributed by atoms with Crippen LogP contribution in [0.1, 0.15) is 17.7 Å². The van der Waals surface area contributed by atoms with Gasteiger partial charge in [0.1, 0.15) is 5.82 Å². The number of piperazine rings is 1. The average molecular weight is 474 g/mol. The molecule has 4 rings (SSSR count). The first-order valence-electron chi connectivity index (χ1n) is 10.9. The van der Waals surface area contributed by atoms with Gasteiger partial charge in [-0.3, -0.25) is 23.9 Å². The van der Waals surface area contributed by atoms with Gasteiger partial charge >= 0.3 is 5.69 Å². The van der Waals surface area contributed by atoms with Gasteiger partial charge in [0.15, 0.2) is 0 Å². The van der Waals surface area contributed by atoms with E-state index in [0.29, 0.717) is 55.3 Å². The first kappa shape index (κ1) is 22.9. The molecule has 2 aliphatic rings. The topological polar surface area (TPSA) is 146 Å². The van der Waals surface area contributed by atoms with Crippen molar-refractivity contribution in [3.05, 3.63) is 50.4 Å². The number of fused-ring (bicyclic) bond motifs is 1. The van der Waals surface area contributed by atoms with Crippen LogP contribution in [0.2, 0.25) is 0 Å². The molecule has 2 aromatic heterocycles. The average Bonchev–Trinajstić information content (AvgIpc) is 2.83. The Balaban J connectivity index is 1.24. The Labute approximate surface area is 194 Å². The number of hydrogen-bond donors (Lipinski definition) is 3. The van der Waals surface area contributed by atoms with E-state index in [1.54, 1.807) is 28.9 Å². The first-order chi connectivity index (χ1) is 15.9. The third-order valence-electron chi connectivity index (χ3n) is 5.87. The lowest BCUT2D eigenvalue weighted by Gasteiger charge is -2.35. The van der Waals surface area contributed by atoms with Crippen molar-refractivity contribution in [3.63, 3.8) is 0 Å². The number of carbonyl (C=O) groups excluding carboxylic acids is 2. The van der Waals surface area contributed by atoms with Gasteiger partial charge < -0.3 is 20.9 Å². The molecule has 0 spiro atoms. The van der Waals surface area contributed by atoms with Crippen molar-refractivity contribution in [1.29, 1.82) is 0 Å². The van der Waals surface area contributed by atoms with Gasteiger partial charge in [-0.1, -0.05) is 0 Å². The lowest BCUT2D eigenvalue weighted by Crippen LogP contribution is -2.51. The fourth-order valence-corrected chi connectivity index (χ4v) is 5.01. The summed E-state index contributed by atoms with van der Waals surface area (Å²) in [5.74, 6) is 1.75. The van der Waals surface area contributed by atoms with Crippen molar-refractivity contribution in [3.8, 4) is 0 Å². The molecule has 2 aromatic rings. The number of nitrogens with one attached hydrogen (secondary N) is 2. The van der Waals surface area contributed by atoms with Crippen LogP contribution >= 0.6 is 11.8 Å². The molecule has 0 saturated carbocycles. The van der Waals surface area contributed by atoms with Crippen molar-refractivity contribution in [2.24, 2.45) is 0 Å². The predicted molar refractivity (Wildman–Crippen MR) is 126 cm³/mol. The minimum atomic E-state index is -0.497. The van der Waals surface area contributed by atoms with Gasteiger partial charge in [0.2, 0.25) is 11.8 Å². The Hall–Kier alpha value is -3.28. The van der Waals surface area contributed by atoms with Crippen molar-refractivity contribution < 1.29 is 9.59 Å². The molecule has 4 heterocycles. The monoisotopic (exact) mass is 473 g/mol. The zero-order valence-electron chi connectivity index (χ0n) is 18.2. The summed E-state index contributed by atoms with van der Waals surface area (Å²) in [5, 5.41) is 2.65. The van der Waals surface area contributed by atoms with Crippen LogP contribution in [0.3, 0.4) is 0 Å². The molecule has 0 aromatic carbocycles. The summed E-state index contributed by atoms with van der Waals surface area (Å²) in [7, 11) is 0. The van der Waals surface area contributed by atoms with E-state index in [1.165, 1.54) is 4.57 Å². The predicted octanol–water partition coefficient (Wildman–Crippen LogP) is -0.842. The number of carbonyl (C=O) groups is 2. The fraction of sp³-hybridized carbons (Fsp3) is 0.476. The SMILES string of the molecule is Nc1ccc(N2CCN(C(=O)CNC(=O)CCn3c4c(c(=O)[nH]c3=O)CSCC4)CC2)nc1. The number of aromatic amines is 1. The Morgan fingerprint density at radius 1 is 1.18 bits per heavy atom. The van der Waals surface area contributed by atoms with Gasteiger partial charge in [-0.25, -0.2) is 9.78 Å². The van der Waals surface area contributed by atoms with Gasteiger partial charge in [-0.15, -0.1) is 0 Å². The zero-order valence-corrected chi connectivity index (χ0v) is 19.0. The van der Waals surface area contributed by atoms with E-state index < -0.39 is 5.69 Å². The molecule has 33 heavy (non-hydrogen) atoms. The molecule has 1 saturated heterocycles. The second-order valence-corrected chi connectivity index (χ2v) is 9.09. The molecule has 0 aliphatic carbocycles. The van der Waals surface area contributed by atoms with Crippen molar-refractivity contribution >= 4 is 35.1 Å². The summed E-state index contributed by atoms with van der Waals surface area (Å²) >= 11 is 1.65. The maximum atomic E-state index is 12.5. The molecule has 1 fully saturated rings. The summed E-state index contributed by atoms with van der Waals surface area (Å²) < 4.78 is 1.47. The van der Waals surface area contributed by atoms with E-state index in [0.717, 1.165) is 11.6 Å². The Bertz CT molecular complexity index is 1140. The smallest absolute Gasteiger partial charge is 0.328 e. The number of nitrogen functional groups attached to an aromatic ring is 1. The Morgan fingerprint density at radius 3 is 2.70 bits per heavy atom. The minimum Gasteiger partial charge on any atom is -0.397 e. The van der Waals surface area contributed by atoms with E-state index in [1.807, 2.05) is 6.07 Å². The van der Waals surface area contributed by atoms with E-state index in [-0.39, 0.29) is 36.9 Å². The highest BCUT2D eigenvalue weighted by atomic mass is 32.2. The summed E-state index contributed by atoms with van der Waals surface area (Å²) in [6, 6.07) is 3.65. The number of anilines is 2. The van der Waals surface area contributed by atoms with Crippen LogP contribution in [0.25, 0.3) is 0 Å². The van der Waals surface area contributed by atoms with Gasteiger partial charge in [0.05, 0.1) is 18.4 Å². The highest BCUT2D eigenvalue weighted by Gasteiger charge is 2.23. The van der Waals surface area contributed by atoms with Crippen LogP contribution in [-0.4, -0.2) is 69.7 Å². The third-order valence-corrected chi connectivity index (χ3v) is 6.86. The van der Waals surface area contributed by atoms with Crippen LogP contribution < -0.4 is 27.2 Å². The fourth-order valence-electron chi connectivity index (χ4n) is 4.03. The lowest BCUT2D eigenvalue weighted by atomic mass is 10.2. The molecule has 0 bridgehead atoms. The number of aromatic nitrogens is 3. The summed E-state index contributed by atoms with van der Waals surface area (Å²) in [6.07, 6.45) is 2.28. The molecule has 11 nitrogen and oxygen atoms in total. The largest absolute Gasteiger partial charge is 0.397 e. The molecule has 0 atom stereocenters. The number of rotatable bonds is 6.